The Morgan fingerprint density at radius 1 is 1.00 bits per heavy atom. The van der Waals surface area contributed by atoms with Crippen LogP contribution in [0.25, 0.3) is 0 Å². The van der Waals surface area contributed by atoms with Crippen molar-refractivity contribution in [3.05, 3.63) is 65.9 Å². The van der Waals surface area contributed by atoms with Crippen LogP contribution in [0.3, 0.4) is 0 Å². The number of ether oxygens (including phenoxy) is 1. The summed E-state index contributed by atoms with van der Waals surface area (Å²) in [6, 6.07) is 15.8. The second-order valence-corrected chi connectivity index (χ2v) is 5.59. The number of carbonyl (C=O) groups is 1. The van der Waals surface area contributed by atoms with Gasteiger partial charge in [0.05, 0.1) is 12.7 Å². The van der Waals surface area contributed by atoms with E-state index in [1.165, 1.54) is 6.07 Å². The Kier molecular flexibility index (Phi) is 4.98. The third kappa shape index (κ3) is 4.27. The summed E-state index contributed by atoms with van der Waals surface area (Å²) < 4.78 is 5.21. The van der Waals surface area contributed by atoms with Crippen molar-refractivity contribution in [3.8, 4) is 5.75 Å². The van der Waals surface area contributed by atoms with Gasteiger partial charge in [0, 0.05) is 29.2 Å². The molecule has 0 saturated heterocycles. The molecule has 7 heteroatoms. The van der Waals surface area contributed by atoms with E-state index in [9.17, 15) is 4.79 Å². The number of benzene rings is 2. The standard InChI is InChI=1S/C19H18N4O3/c1-12-9-17(21-14-6-3-5-13(10-14)18(24)25)23-19(20-12)22-15-7-4-8-16(11-15)26-2/h3-11H,1-2H3,(H,24,25)(H2,20,21,22,23). The van der Waals surface area contributed by atoms with Gasteiger partial charge < -0.3 is 20.5 Å². The highest BCUT2D eigenvalue weighted by atomic mass is 16.5. The predicted molar refractivity (Wildman–Crippen MR) is 99.7 cm³/mol. The molecule has 0 unspecified atom stereocenters. The summed E-state index contributed by atoms with van der Waals surface area (Å²) in [6.07, 6.45) is 0. The minimum absolute atomic E-state index is 0.204. The molecule has 0 aliphatic rings. The highest BCUT2D eigenvalue weighted by Gasteiger charge is 2.07. The third-order valence-electron chi connectivity index (χ3n) is 3.56. The first kappa shape index (κ1) is 17.2. The van der Waals surface area contributed by atoms with Crippen molar-refractivity contribution in [2.45, 2.75) is 6.92 Å². The number of hydrogen-bond acceptors (Lipinski definition) is 6. The normalized spacial score (nSPS) is 10.2. The van der Waals surface area contributed by atoms with Crippen LogP contribution in [0.5, 0.6) is 5.75 Å². The topological polar surface area (TPSA) is 96.4 Å². The molecule has 0 aliphatic carbocycles. The number of aryl methyl sites for hydroxylation is 1. The zero-order chi connectivity index (χ0) is 18.5. The number of aromatic nitrogens is 2. The summed E-state index contributed by atoms with van der Waals surface area (Å²) in [4.78, 5) is 19.9. The number of aromatic carboxylic acids is 1. The molecule has 3 N–H and O–H groups in total. The van der Waals surface area contributed by atoms with Gasteiger partial charge in [-0.2, -0.15) is 4.98 Å². The molecule has 1 aromatic heterocycles. The smallest absolute Gasteiger partial charge is 0.335 e. The molecule has 0 atom stereocenters. The van der Waals surface area contributed by atoms with E-state index in [1.807, 2.05) is 31.2 Å². The van der Waals surface area contributed by atoms with Crippen molar-refractivity contribution in [3.63, 3.8) is 0 Å². The Balaban J connectivity index is 1.83. The Hall–Kier alpha value is -3.61. The van der Waals surface area contributed by atoms with E-state index in [0.29, 0.717) is 17.5 Å². The average Bonchev–Trinajstić information content (AvgIpc) is 2.61. The van der Waals surface area contributed by atoms with Gasteiger partial charge in [0.1, 0.15) is 11.6 Å². The quantitative estimate of drug-likeness (QED) is 0.619. The van der Waals surface area contributed by atoms with Gasteiger partial charge in [-0.05, 0) is 37.3 Å². The molecular formula is C19H18N4O3. The summed E-state index contributed by atoms with van der Waals surface area (Å²) in [6.45, 7) is 1.86. The summed E-state index contributed by atoms with van der Waals surface area (Å²) in [5.74, 6) is 0.736. The van der Waals surface area contributed by atoms with Gasteiger partial charge in [-0.25, -0.2) is 9.78 Å². The molecule has 132 valence electrons. The minimum atomic E-state index is -0.979. The molecular weight excluding hydrogens is 332 g/mol. The van der Waals surface area contributed by atoms with Gasteiger partial charge in [0.15, 0.2) is 0 Å². The number of hydrogen-bond donors (Lipinski definition) is 3. The van der Waals surface area contributed by atoms with Crippen molar-refractivity contribution in [2.24, 2.45) is 0 Å². The van der Waals surface area contributed by atoms with E-state index in [-0.39, 0.29) is 5.56 Å². The van der Waals surface area contributed by atoms with Gasteiger partial charge in [-0.1, -0.05) is 12.1 Å². The zero-order valence-electron chi connectivity index (χ0n) is 14.4. The van der Waals surface area contributed by atoms with Crippen LogP contribution in [-0.2, 0) is 0 Å². The Bertz CT molecular complexity index is 944. The molecule has 0 saturated carbocycles. The van der Waals surface area contributed by atoms with Crippen LogP contribution in [0, 0.1) is 6.92 Å². The fourth-order valence-electron chi connectivity index (χ4n) is 2.40. The first-order valence-corrected chi connectivity index (χ1v) is 7.90. The molecule has 0 aliphatic heterocycles. The summed E-state index contributed by atoms with van der Waals surface area (Å²) >= 11 is 0. The van der Waals surface area contributed by atoms with Crippen molar-refractivity contribution in [2.75, 3.05) is 17.7 Å². The second-order valence-electron chi connectivity index (χ2n) is 5.59. The Labute approximate surface area is 150 Å². The van der Waals surface area contributed by atoms with Crippen LogP contribution in [-0.4, -0.2) is 28.2 Å². The van der Waals surface area contributed by atoms with Crippen LogP contribution in [0.2, 0.25) is 0 Å². The number of rotatable bonds is 6. The average molecular weight is 350 g/mol. The van der Waals surface area contributed by atoms with Crippen LogP contribution >= 0.6 is 0 Å². The van der Waals surface area contributed by atoms with Crippen molar-refractivity contribution < 1.29 is 14.6 Å². The SMILES string of the molecule is COc1cccc(Nc2nc(C)cc(Nc3cccc(C(=O)O)c3)n2)c1. The van der Waals surface area contributed by atoms with Crippen molar-refractivity contribution in [1.82, 2.24) is 9.97 Å². The maximum Gasteiger partial charge on any atom is 0.335 e. The predicted octanol–water partition coefficient (Wildman–Crippen LogP) is 3.98. The molecule has 3 rings (SSSR count). The monoisotopic (exact) mass is 350 g/mol. The molecule has 0 amide bonds. The van der Waals surface area contributed by atoms with E-state index in [1.54, 1.807) is 31.4 Å². The van der Waals surface area contributed by atoms with E-state index in [2.05, 4.69) is 20.6 Å². The van der Waals surface area contributed by atoms with E-state index in [0.717, 1.165) is 17.1 Å². The molecule has 2 aromatic carbocycles. The van der Waals surface area contributed by atoms with Gasteiger partial charge in [0.25, 0.3) is 0 Å². The lowest BCUT2D eigenvalue weighted by molar-refractivity contribution is 0.0697. The van der Waals surface area contributed by atoms with Crippen molar-refractivity contribution >= 4 is 29.1 Å². The van der Waals surface area contributed by atoms with E-state index >= 15 is 0 Å². The molecule has 26 heavy (non-hydrogen) atoms. The molecule has 0 fully saturated rings. The van der Waals surface area contributed by atoms with Gasteiger partial charge in [-0.3, -0.25) is 0 Å². The Morgan fingerprint density at radius 3 is 2.46 bits per heavy atom. The largest absolute Gasteiger partial charge is 0.497 e. The fraction of sp³-hybridized carbons (Fsp3) is 0.105. The molecule has 3 aromatic rings. The number of nitrogens with zero attached hydrogens (tertiary/aromatic N) is 2. The lowest BCUT2D eigenvalue weighted by Gasteiger charge is -2.11. The minimum Gasteiger partial charge on any atom is -0.497 e. The fourth-order valence-corrected chi connectivity index (χ4v) is 2.40. The van der Waals surface area contributed by atoms with Gasteiger partial charge in [0.2, 0.25) is 5.95 Å². The van der Waals surface area contributed by atoms with Gasteiger partial charge in [-0.15, -0.1) is 0 Å². The molecule has 0 bridgehead atoms. The highest BCUT2D eigenvalue weighted by Crippen LogP contribution is 2.22. The van der Waals surface area contributed by atoms with Crippen LogP contribution < -0.4 is 15.4 Å². The first-order valence-electron chi connectivity index (χ1n) is 7.90. The maximum atomic E-state index is 11.1. The van der Waals surface area contributed by atoms with Crippen LogP contribution in [0.4, 0.5) is 23.1 Å². The molecule has 0 spiro atoms. The first-order chi connectivity index (χ1) is 12.5. The molecule has 1 heterocycles. The van der Waals surface area contributed by atoms with E-state index in [4.69, 9.17) is 9.84 Å². The second kappa shape index (κ2) is 7.52. The van der Waals surface area contributed by atoms with Crippen LogP contribution in [0.1, 0.15) is 16.1 Å². The van der Waals surface area contributed by atoms with Crippen molar-refractivity contribution in [1.29, 1.82) is 0 Å². The Morgan fingerprint density at radius 2 is 1.73 bits per heavy atom. The molecule has 0 radical (unpaired) electrons. The highest BCUT2D eigenvalue weighted by molar-refractivity contribution is 5.89. The number of nitrogens with one attached hydrogen (secondary N) is 2. The van der Waals surface area contributed by atoms with Crippen LogP contribution in [0.15, 0.2) is 54.6 Å². The summed E-state index contributed by atoms with van der Waals surface area (Å²) in [7, 11) is 1.61. The van der Waals surface area contributed by atoms with E-state index < -0.39 is 5.97 Å². The number of carboxylic acids is 1. The summed E-state index contributed by atoms with van der Waals surface area (Å²) in [5.41, 5.74) is 2.40. The number of carboxylic acid groups (broad SMARTS) is 1. The zero-order valence-corrected chi connectivity index (χ0v) is 14.4. The number of anilines is 4. The third-order valence-corrected chi connectivity index (χ3v) is 3.56. The molecule has 7 nitrogen and oxygen atoms in total. The van der Waals surface area contributed by atoms with Gasteiger partial charge >= 0.3 is 5.97 Å². The lowest BCUT2D eigenvalue weighted by atomic mass is 10.2. The summed E-state index contributed by atoms with van der Waals surface area (Å²) in [5, 5.41) is 15.3. The number of methoxy groups -OCH3 is 1. The lowest BCUT2D eigenvalue weighted by Crippen LogP contribution is -2.03. The maximum absolute atomic E-state index is 11.1.